The molecule has 0 heterocycles. The van der Waals surface area contributed by atoms with Gasteiger partial charge in [-0.2, -0.15) is 0 Å². The van der Waals surface area contributed by atoms with Gasteiger partial charge in [-0.25, -0.2) is 0 Å². The summed E-state index contributed by atoms with van der Waals surface area (Å²) in [5.74, 6) is 0.868. The lowest BCUT2D eigenvalue weighted by molar-refractivity contribution is 0.397. The highest BCUT2D eigenvalue weighted by Crippen LogP contribution is 2.24. The summed E-state index contributed by atoms with van der Waals surface area (Å²) in [7, 11) is 3.67. The van der Waals surface area contributed by atoms with E-state index in [9.17, 15) is 0 Å². The summed E-state index contributed by atoms with van der Waals surface area (Å²) in [5.41, 5.74) is 2.40. The maximum Gasteiger partial charge on any atom is 0.168 e. The average molecular weight is 393 g/mol. The maximum absolute atomic E-state index is 5.47. The van der Waals surface area contributed by atoms with E-state index < -0.39 is 0 Å². The normalized spacial score (nSPS) is 10.2. The first kappa shape index (κ1) is 17.8. The van der Waals surface area contributed by atoms with E-state index in [1.807, 2.05) is 30.1 Å². The van der Waals surface area contributed by atoms with Crippen molar-refractivity contribution in [2.75, 3.05) is 20.7 Å². The van der Waals surface area contributed by atoms with Crippen LogP contribution in [0.4, 0.5) is 0 Å². The molecule has 0 spiro atoms. The molecule has 0 aliphatic rings. The van der Waals surface area contributed by atoms with Crippen molar-refractivity contribution < 1.29 is 4.74 Å². The number of thiocarbonyl (C=S) groups is 1. The molecule has 5 heteroatoms. The molecule has 2 aromatic carbocycles. The predicted molar refractivity (Wildman–Crippen MR) is 103 cm³/mol. The van der Waals surface area contributed by atoms with E-state index in [2.05, 4.69) is 51.6 Å². The third kappa shape index (κ3) is 5.52. The highest BCUT2D eigenvalue weighted by atomic mass is 79.9. The van der Waals surface area contributed by atoms with Crippen LogP contribution in [0.5, 0.6) is 5.75 Å². The van der Waals surface area contributed by atoms with Gasteiger partial charge in [0, 0.05) is 30.2 Å². The summed E-state index contributed by atoms with van der Waals surface area (Å²) in [5, 5.41) is 4.05. The molecule has 2 rings (SSSR count). The van der Waals surface area contributed by atoms with E-state index >= 15 is 0 Å². The number of ether oxygens (including phenoxy) is 1. The van der Waals surface area contributed by atoms with Gasteiger partial charge in [-0.15, -0.1) is 0 Å². The summed E-state index contributed by atoms with van der Waals surface area (Å²) in [6.07, 6.45) is 0.953. The van der Waals surface area contributed by atoms with Crippen LogP contribution < -0.4 is 10.1 Å². The zero-order chi connectivity index (χ0) is 16.7. The van der Waals surface area contributed by atoms with Crippen LogP contribution in [0.15, 0.2) is 53.0 Å². The van der Waals surface area contributed by atoms with Gasteiger partial charge in [-0.3, -0.25) is 0 Å². The average Bonchev–Trinajstić information content (AvgIpc) is 2.56. The summed E-state index contributed by atoms with van der Waals surface area (Å²) in [4.78, 5) is 2.02. The van der Waals surface area contributed by atoms with Gasteiger partial charge in [0.25, 0.3) is 0 Å². The van der Waals surface area contributed by atoms with Crippen molar-refractivity contribution in [2.24, 2.45) is 0 Å². The molecule has 0 saturated heterocycles. The van der Waals surface area contributed by atoms with Crippen LogP contribution in [0, 0.1) is 0 Å². The van der Waals surface area contributed by atoms with Crippen LogP contribution in [0.2, 0.25) is 0 Å². The minimum absolute atomic E-state index is 0.694. The lowest BCUT2D eigenvalue weighted by atomic mass is 10.1. The SMILES string of the molecule is COc1ccc(Br)cc1CN(C)C(=S)NCCc1ccccc1. The van der Waals surface area contributed by atoms with Gasteiger partial charge in [0.05, 0.1) is 7.11 Å². The highest BCUT2D eigenvalue weighted by molar-refractivity contribution is 9.10. The van der Waals surface area contributed by atoms with Crippen LogP contribution in [0.1, 0.15) is 11.1 Å². The van der Waals surface area contributed by atoms with Gasteiger partial charge >= 0.3 is 0 Å². The third-order valence-electron chi connectivity index (χ3n) is 3.53. The molecule has 0 bridgehead atoms. The molecule has 0 atom stereocenters. The van der Waals surface area contributed by atoms with Gasteiger partial charge in [0.2, 0.25) is 0 Å². The second kappa shape index (κ2) is 8.89. The largest absolute Gasteiger partial charge is 0.496 e. The zero-order valence-corrected chi connectivity index (χ0v) is 15.8. The van der Waals surface area contributed by atoms with Crippen molar-refractivity contribution in [3.8, 4) is 5.75 Å². The van der Waals surface area contributed by atoms with Gasteiger partial charge in [0.15, 0.2) is 5.11 Å². The molecule has 0 fully saturated rings. The Bertz CT molecular complexity index is 649. The van der Waals surface area contributed by atoms with Crippen molar-refractivity contribution in [3.05, 3.63) is 64.1 Å². The van der Waals surface area contributed by atoms with Crippen LogP contribution >= 0.6 is 28.1 Å². The van der Waals surface area contributed by atoms with Gasteiger partial charge in [-0.1, -0.05) is 46.3 Å². The monoisotopic (exact) mass is 392 g/mol. The number of hydrogen-bond donors (Lipinski definition) is 1. The van der Waals surface area contributed by atoms with Gasteiger partial charge in [-0.05, 0) is 42.4 Å². The number of halogens is 1. The summed E-state index contributed by atoms with van der Waals surface area (Å²) in [6.45, 7) is 1.52. The fourth-order valence-corrected chi connectivity index (χ4v) is 2.87. The highest BCUT2D eigenvalue weighted by Gasteiger charge is 2.09. The van der Waals surface area contributed by atoms with Crippen LogP contribution in [0.3, 0.4) is 0 Å². The molecule has 2 aromatic rings. The summed E-state index contributed by atoms with van der Waals surface area (Å²) < 4.78 is 6.44. The third-order valence-corrected chi connectivity index (χ3v) is 4.48. The Morgan fingerprint density at radius 3 is 2.65 bits per heavy atom. The second-order valence-electron chi connectivity index (χ2n) is 5.28. The molecule has 122 valence electrons. The number of nitrogens with zero attached hydrogens (tertiary/aromatic N) is 1. The second-order valence-corrected chi connectivity index (χ2v) is 6.58. The van der Waals surface area contributed by atoms with Gasteiger partial charge < -0.3 is 15.0 Å². The van der Waals surface area contributed by atoms with Crippen LogP contribution in [0.25, 0.3) is 0 Å². The molecule has 0 radical (unpaired) electrons. The molecule has 0 unspecified atom stereocenters. The number of hydrogen-bond acceptors (Lipinski definition) is 2. The molecule has 0 aliphatic carbocycles. The molecule has 0 amide bonds. The molecule has 0 aliphatic heterocycles. The molecule has 0 saturated carbocycles. The van der Waals surface area contributed by atoms with Crippen molar-refractivity contribution in [1.82, 2.24) is 10.2 Å². The number of rotatable bonds is 6. The Labute approximate surface area is 151 Å². The van der Waals surface area contributed by atoms with Crippen molar-refractivity contribution in [2.45, 2.75) is 13.0 Å². The Morgan fingerprint density at radius 1 is 1.22 bits per heavy atom. The Hall–Kier alpha value is -1.59. The fourth-order valence-electron chi connectivity index (χ4n) is 2.29. The molecular weight excluding hydrogens is 372 g/mol. The molecule has 3 nitrogen and oxygen atoms in total. The van der Waals surface area contributed by atoms with E-state index in [1.165, 1.54) is 5.56 Å². The Morgan fingerprint density at radius 2 is 1.96 bits per heavy atom. The quantitative estimate of drug-likeness (QED) is 0.750. The lowest BCUT2D eigenvalue weighted by Crippen LogP contribution is -2.37. The lowest BCUT2D eigenvalue weighted by Gasteiger charge is -2.22. The van der Waals surface area contributed by atoms with E-state index in [0.717, 1.165) is 33.9 Å². The first-order valence-corrected chi connectivity index (χ1v) is 8.65. The van der Waals surface area contributed by atoms with Crippen molar-refractivity contribution >= 4 is 33.3 Å². The Kier molecular flexibility index (Phi) is 6.86. The van der Waals surface area contributed by atoms with E-state index in [1.54, 1.807) is 7.11 Å². The topological polar surface area (TPSA) is 24.5 Å². The minimum Gasteiger partial charge on any atom is -0.496 e. The fraction of sp³-hybridized carbons (Fsp3) is 0.278. The molecule has 0 aromatic heterocycles. The molecule has 23 heavy (non-hydrogen) atoms. The van der Waals surface area contributed by atoms with Crippen molar-refractivity contribution in [1.29, 1.82) is 0 Å². The Balaban J connectivity index is 1.86. The minimum atomic E-state index is 0.694. The predicted octanol–water partition coefficient (Wildman–Crippen LogP) is 4.01. The van der Waals surface area contributed by atoms with E-state index in [0.29, 0.717) is 6.54 Å². The number of nitrogens with one attached hydrogen (secondary N) is 1. The zero-order valence-electron chi connectivity index (χ0n) is 13.4. The maximum atomic E-state index is 5.47. The molecular formula is C18H21BrN2OS. The first-order chi connectivity index (χ1) is 11.1. The smallest absolute Gasteiger partial charge is 0.168 e. The van der Waals surface area contributed by atoms with Crippen LogP contribution in [-0.2, 0) is 13.0 Å². The first-order valence-electron chi connectivity index (χ1n) is 7.45. The number of benzene rings is 2. The summed E-state index contributed by atoms with van der Waals surface area (Å²) in [6, 6.07) is 16.4. The van der Waals surface area contributed by atoms with E-state index in [4.69, 9.17) is 17.0 Å². The van der Waals surface area contributed by atoms with Crippen molar-refractivity contribution in [3.63, 3.8) is 0 Å². The molecule has 1 N–H and O–H groups in total. The number of methoxy groups -OCH3 is 1. The standard InChI is InChI=1S/C18H21BrN2OS/c1-21(13-15-12-16(19)8-9-17(15)22-2)18(23)20-11-10-14-6-4-3-5-7-14/h3-9,12H,10-11,13H2,1-2H3,(H,20,23). The summed E-state index contributed by atoms with van der Waals surface area (Å²) >= 11 is 8.96. The van der Waals surface area contributed by atoms with E-state index in [-0.39, 0.29) is 0 Å². The van der Waals surface area contributed by atoms with Crippen LogP contribution in [-0.4, -0.2) is 30.7 Å². The van der Waals surface area contributed by atoms with Gasteiger partial charge in [0.1, 0.15) is 5.75 Å².